The van der Waals surface area contributed by atoms with Gasteiger partial charge < -0.3 is 10.3 Å². The number of nitrogens with zero attached hydrogens (tertiary/aromatic N) is 2. The fourth-order valence-corrected chi connectivity index (χ4v) is 2.28. The summed E-state index contributed by atoms with van der Waals surface area (Å²) in [7, 11) is 2.01. The largest absolute Gasteiger partial charge is 0.375 e. The second-order valence-electron chi connectivity index (χ2n) is 5.24. The number of hydrogen-bond donors (Lipinski definition) is 1. The van der Waals surface area contributed by atoms with Gasteiger partial charge >= 0.3 is 0 Å². The van der Waals surface area contributed by atoms with Crippen molar-refractivity contribution in [3.05, 3.63) is 36.2 Å². The third-order valence-corrected chi connectivity index (χ3v) is 3.67. The van der Waals surface area contributed by atoms with Crippen molar-refractivity contribution in [2.24, 2.45) is 10.4 Å². The second-order valence-corrected chi connectivity index (χ2v) is 5.24. The van der Waals surface area contributed by atoms with E-state index in [1.54, 1.807) is 6.20 Å². The van der Waals surface area contributed by atoms with Gasteiger partial charge in [-0.3, -0.25) is 4.99 Å². The van der Waals surface area contributed by atoms with E-state index in [0.29, 0.717) is 12.3 Å². The normalized spacial score (nSPS) is 23.2. The van der Waals surface area contributed by atoms with Crippen molar-refractivity contribution in [3.8, 4) is 0 Å². The SMILES string of the molecule is C=N/C=C\C(C)(CC)/C1=C/CCC=CN(C)CC1=N. The van der Waals surface area contributed by atoms with Crippen LogP contribution in [0.2, 0.25) is 0 Å². The molecule has 1 rings (SSSR count). The standard InChI is InChI=1S/C16H25N3/c1-5-16(2,10-11-18-3)14-9-7-6-8-12-19(4)13-15(14)17/h8-12,17H,3,5-7,13H2,1-2,4H3/b11-10-,12-8?,14-9+,17-15?. The van der Waals surface area contributed by atoms with Crippen LogP contribution in [-0.2, 0) is 0 Å². The van der Waals surface area contributed by atoms with Crippen LogP contribution in [0.3, 0.4) is 0 Å². The fraction of sp³-hybridized carbons (Fsp3) is 0.500. The molecule has 3 heteroatoms. The molecule has 0 spiro atoms. The Morgan fingerprint density at radius 3 is 2.89 bits per heavy atom. The first kappa shape index (κ1) is 15.4. The molecule has 3 nitrogen and oxygen atoms in total. The monoisotopic (exact) mass is 259 g/mol. The average molecular weight is 259 g/mol. The molecule has 0 bridgehead atoms. The molecule has 1 aliphatic rings. The van der Waals surface area contributed by atoms with E-state index in [0.717, 1.165) is 24.8 Å². The molecule has 0 saturated carbocycles. The lowest BCUT2D eigenvalue weighted by Gasteiger charge is -2.29. The highest BCUT2D eigenvalue weighted by atomic mass is 15.1. The van der Waals surface area contributed by atoms with Crippen molar-refractivity contribution in [1.82, 2.24) is 4.90 Å². The quantitative estimate of drug-likeness (QED) is 0.766. The number of nitrogens with one attached hydrogen (secondary N) is 1. The van der Waals surface area contributed by atoms with Gasteiger partial charge in [-0.2, -0.15) is 0 Å². The number of hydrogen-bond acceptors (Lipinski definition) is 3. The molecule has 19 heavy (non-hydrogen) atoms. The average Bonchev–Trinajstić information content (AvgIpc) is 2.47. The third-order valence-electron chi connectivity index (χ3n) is 3.67. The molecule has 0 aromatic rings. The van der Waals surface area contributed by atoms with Gasteiger partial charge in [-0.15, -0.1) is 0 Å². The smallest absolute Gasteiger partial charge is 0.0589 e. The predicted octanol–water partition coefficient (Wildman–Crippen LogP) is 3.80. The minimum absolute atomic E-state index is 0.135. The van der Waals surface area contributed by atoms with Crippen LogP contribution in [0, 0.1) is 10.8 Å². The summed E-state index contributed by atoms with van der Waals surface area (Å²) < 4.78 is 0. The maximum Gasteiger partial charge on any atom is 0.0589 e. The molecule has 0 aromatic heterocycles. The molecular formula is C16H25N3. The highest BCUT2D eigenvalue weighted by Gasteiger charge is 2.27. The van der Waals surface area contributed by atoms with E-state index >= 15 is 0 Å². The molecule has 0 aromatic carbocycles. The zero-order valence-corrected chi connectivity index (χ0v) is 12.3. The summed E-state index contributed by atoms with van der Waals surface area (Å²) in [5.41, 5.74) is 1.67. The minimum Gasteiger partial charge on any atom is -0.375 e. The van der Waals surface area contributed by atoms with Crippen molar-refractivity contribution in [2.75, 3.05) is 13.6 Å². The Morgan fingerprint density at radius 1 is 1.53 bits per heavy atom. The van der Waals surface area contributed by atoms with Crippen LogP contribution in [0.4, 0.5) is 0 Å². The summed E-state index contributed by atoms with van der Waals surface area (Å²) in [6, 6.07) is 0. The maximum atomic E-state index is 8.38. The zero-order chi connectivity index (χ0) is 14.3. The Labute approximate surface area is 116 Å². The molecule has 1 N–H and O–H groups in total. The highest BCUT2D eigenvalue weighted by molar-refractivity contribution is 6.00. The van der Waals surface area contributed by atoms with Crippen molar-refractivity contribution < 1.29 is 0 Å². The molecule has 0 amide bonds. The van der Waals surface area contributed by atoms with Crippen LogP contribution >= 0.6 is 0 Å². The number of allylic oxidation sites excluding steroid dienone is 3. The molecule has 1 aliphatic heterocycles. The van der Waals surface area contributed by atoms with Gasteiger partial charge in [0.25, 0.3) is 0 Å². The van der Waals surface area contributed by atoms with Crippen LogP contribution in [0.5, 0.6) is 0 Å². The van der Waals surface area contributed by atoms with E-state index in [4.69, 9.17) is 5.41 Å². The topological polar surface area (TPSA) is 39.5 Å². The molecule has 1 unspecified atom stereocenters. The summed E-state index contributed by atoms with van der Waals surface area (Å²) in [5, 5.41) is 8.38. The van der Waals surface area contributed by atoms with Crippen molar-refractivity contribution in [3.63, 3.8) is 0 Å². The fourth-order valence-electron chi connectivity index (χ4n) is 2.28. The summed E-state index contributed by atoms with van der Waals surface area (Å²) >= 11 is 0. The van der Waals surface area contributed by atoms with Crippen molar-refractivity contribution >= 4 is 12.4 Å². The summed E-state index contributed by atoms with van der Waals surface area (Å²) in [6.45, 7) is 8.46. The lowest BCUT2D eigenvalue weighted by atomic mass is 9.76. The Morgan fingerprint density at radius 2 is 2.26 bits per heavy atom. The molecule has 0 saturated heterocycles. The van der Waals surface area contributed by atoms with Crippen LogP contribution in [-0.4, -0.2) is 30.9 Å². The van der Waals surface area contributed by atoms with Gasteiger partial charge in [-0.25, -0.2) is 0 Å². The molecule has 104 valence electrons. The first-order chi connectivity index (χ1) is 9.03. The van der Waals surface area contributed by atoms with E-state index < -0.39 is 0 Å². The second kappa shape index (κ2) is 7.07. The Bertz CT molecular complexity index is 418. The van der Waals surface area contributed by atoms with Gasteiger partial charge in [0.15, 0.2) is 0 Å². The Balaban J connectivity index is 3.08. The summed E-state index contributed by atoms with van der Waals surface area (Å²) in [5.74, 6) is 0. The van der Waals surface area contributed by atoms with E-state index in [2.05, 4.69) is 54.9 Å². The first-order valence-corrected chi connectivity index (χ1v) is 6.82. The van der Waals surface area contributed by atoms with Crippen molar-refractivity contribution in [2.45, 2.75) is 33.1 Å². The van der Waals surface area contributed by atoms with E-state index in [1.807, 2.05) is 7.05 Å². The molecular weight excluding hydrogens is 234 g/mol. The summed E-state index contributed by atoms with van der Waals surface area (Å²) in [6.07, 6.45) is 13.2. The third kappa shape index (κ3) is 4.19. The van der Waals surface area contributed by atoms with Crippen LogP contribution in [0.15, 0.2) is 41.2 Å². The predicted molar refractivity (Wildman–Crippen MR) is 83.9 cm³/mol. The number of rotatable bonds is 4. The Hall–Kier alpha value is -1.64. The van der Waals surface area contributed by atoms with Gasteiger partial charge in [0.1, 0.15) is 0 Å². The minimum atomic E-state index is -0.135. The zero-order valence-electron chi connectivity index (χ0n) is 12.3. The van der Waals surface area contributed by atoms with E-state index in [1.165, 1.54) is 0 Å². The maximum absolute atomic E-state index is 8.38. The van der Waals surface area contributed by atoms with E-state index in [-0.39, 0.29) is 5.41 Å². The van der Waals surface area contributed by atoms with Crippen LogP contribution in [0.1, 0.15) is 33.1 Å². The van der Waals surface area contributed by atoms with Gasteiger partial charge in [0.2, 0.25) is 0 Å². The van der Waals surface area contributed by atoms with Crippen molar-refractivity contribution in [1.29, 1.82) is 5.41 Å². The van der Waals surface area contributed by atoms with Gasteiger partial charge in [0, 0.05) is 18.7 Å². The molecule has 0 aliphatic carbocycles. The number of aliphatic imine (C=N–C) groups is 1. The lowest BCUT2D eigenvalue weighted by molar-refractivity contribution is 0.492. The Kier molecular flexibility index (Phi) is 5.74. The van der Waals surface area contributed by atoms with Gasteiger partial charge in [0.05, 0.1) is 12.3 Å². The van der Waals surface area contributed by atoms with Gasteiger partial charge in [-0.1, -0.05) is 32.1 Å². The van der Waals surface area contributed by atoms with E-state index in [9.17, 15) is 0 Å². The molecule has 1 atom stereocenters. The van der Waals surface area contributed by atoms with Gasteiger partial charge in [-0.05, 0) is 37.8 Å². The lowest BCUT2D eigenvalue weighted by Crippen LogP contribution is -2.28. The van der Waals surface area contributed by atoms with Crippen LogP contribution < -0.4 is 0 Å². The molecule has 0 radical (unpaired) electrons. The van der Waals surface area contributed by atoms with Crippen LogP contribution in [0.25, 0.3) is 0 Å². The first-order valence-electron chi connectivity index (χ1n) is 6.82. The summed E-state index contributed by atoms with van der Waals surface area (Å²) in [4.78, 5) is 5.88. The highest BCUT2D eigenvalue weighted by Crippen LogP contribution is 2.34. The molecule has 1 heterocycles. The molecule has 0 fully saturated rings.